The van der Waals surface area contributed by atoms with Gasteiger partial charge in [-0.05, 0) is 17.7 Å². The van der Waals surface area contributed by atoms with Gasteiger partial charge < -0.3 is 5.11 Å². The highest BCUT2D eigenvalue weighted by Gasteiger charge is 2.14. The van der Waals surface area contributed by atoms with Crippen molar-refractivity contribution in [1.29, 1.82) is 0 Å². The maximum absolute atomic E-state index is 10.7. The molecule has 0 spiro atoms. The summed E-state index contributed by atoms with van der Waals surface area (Å²) < 4.78 is 1.40. The van der Waals surface area contributed by atoms with Gasteiger partial charge in [0.05, 0.1) is 5.56 Å². The second-order valence-corrected chi connectivity index (χ2v) is 3.23. The molecule has 0 atom stereocenters. The van der Waals surface area contributed by atoms with Gasteiger partial charge >= 0.3 is 5.97 Å². The second-order valence-electron chi connectivity index (χ2n) is 2.51. The summed E-state index contributed by atoms with van der Waals surface area (Å²) in [4.78, 5) is 10.7. The SMILES string of the molecule is O=C(O)c1ccn2c(Cl)nnc2c1Cl. The number of hydrogen-bond donors (Lipinski definition) is 1. The molecule has 1 N–H and O–H groups in total. The molecule has 2 rings (SSSR count). The van der Waals surface area contributed by atoms with Crippen LogP contribution in [0, 0.1) is 0 Å². The molecule has 0 aromatic carbocycles. The molecular formula is C7H3Cl2N3O2. The number of aromatic nitrogens is 3. The average Bonchev–Trinajstić information content (AvgIpc) is 2.49. The molecule has 0 amide bonds. The van der Waals surface area contributed by atoms with Crippen LogP contribution in [0.4, 0.5) is 0 Å². The van der Waals surface area contributed by atoms with Gasteiger partial charge in [0.2, 0.25) is 5.28 Å². The number of aromatic carboxylic acids is 1. The van der Waals surface area contributed by atoms with Crippen LogP contribution in [0.2, 0.25) is 10.3 Å². The monoisotopic (exact) mass is 231 g/mol. The fourth-order valence-corrected chi connectivity index (χ4v) is 1.51. The Balaban J connectivity index is 2.82. The van der Waals surface area contributed by atoms with E-state index in [2.05, 4.69) is 10.2 Å². The van der Waals surface area contributed by atoms with E-state index in [9.17, 15) is 4.79 Å². The summed E-state index contributed by atoms with van der Waals surface area (Å²) >= 11 is 11.4. The molecule has 0 radical (unpaired) electrons. The van der Waals surface area contributed by atoms with Crippen molar-refractivity contribution in [3.05, 3.63) is 28.1 Å². The number of fused-ring (bicyclic) bond motifs is 1. The summed E-state index contributed by atoms with van der Waals surface area (Å²) in [7, 11) is 0. The van der Waals surface area contributed by atoms with E-state index in [1.54, 1.807) is 0 Å². The smallest absolute Gasteiger partial charge is 0.337 e. The fourth-order valence-electron chi connectivity index (χ4n) is 1.06. The Morgan fingerprint density at radius 1 is 1.43 bits per heavy atom. The molecule has 0 aliphatic rings. The van der Waals surface area contributed by atoms with Gasteiger partial charge in [-0.3, -0.25) is 4.40 Å². The van der Waals surface area contributed by atoms with Gasteiger partial charge in [0, 0.05) is 6.20 Å². The quantitative estimate of drug-likeness (QED) is 0.812. The van der Waals surface area contributed by atoms with Crippen LogP contribution in [0.25, 0.3) is 5.65 Å². The molecule has 0 bridgehead atoms. The average molecular weight is 232 g/mol. The van der Waals surface area contributed by atoms with Gasteiger partial charge in [0.25, 0.3) is 0 Å². The van der Waals surface area contributed by atoms with Crippen molar-refractivity contribution < 1.29 is 9.90 Å². The molecule has 5 nitrogen and oxygen atoms in total. The van der Waals surface area contributed by atoms with E-state index >= 15 is 0 Å². The topological polar surface area (TPSA) is 67.5 Å². The van der Waals surface area contributed by atoms with Gasteiger partial charge in [-0.15, -0.1) is 10.2 Å². The predicted molar refractivity (Wildman–Crippen MR) is 50.0 cm³/mol. The van der Waals surface area contributed by atoms with Gasteiger partial charge in [-0.2, -0.15) is 0 Å². The first-order chi connectivity index (χ1) is 6.61. The third kappa shape index (κ3) is 1.21. The summed E-state index contributed by atoms with van der Waals surface area (Å²) in [5, 5.41) is 16.1. The van der Waals surface area contributed by atoms with Gasteiger partial charge in [-0.25, -0.2) is 4.79 Å². The summed E-state index contributed by atoms with van der Waals surface area (Å²) in [5.41, 5.74) is 0.208. The van der Waals surface area contributed by atoms with Crippen LogP contribution in [-0.4, -0.2) is 25.7 Å². The minimum absolute atomic E-state index is 0.0248. The Kier molecular flexibility index (Phi) is 2.05. The largest absolute Gasteiger partial charge is 0.478 e. The normalized spacial score (nSPS) is 10.7. The van der Waals surface area contributed by atoms with Crippen LogP contribution in [0.1, 0.15) is 10.4 Å². The maximum atomic E-state index is 10.7. The molecule has 0 fully saturated rings. The van der Waals surface area contributed by atoms with E-state index in [-0.39, 0.29) is 21.5 Å². The van der Waals surface area contributed by atoms with E-state index in [1.807, 2.05) is 0 Å². The summed E-state index contributed by atoms with van der Waals surface area (Å²) in [6.07, 6.45) is 1.45. The van der Waals surface area contributed by atoms with E-state index < -0.39 is 5.97 Å². The van der Waals surface area contributed by atoms with Crippen molar-refractivity contribution in [2.75, 3.05) is 0 Å². The lowest BCUT2D eigenvalue weighted by Gasteiger charge is -1.99. The molecule has 0 aliphatic heterocycles. The molecule has 0 unspecified atom stereocenters. The van der Waals surface area contributed by atoms with E-state index in [1.165, 1.54) is 16.7 Å². The van der Waals surface area contributed by atoms with E-state index in [4.69, 9.17) is 28.3 Å². The Morgan fingerprint density at radius 2 is 2.14 bits per heavy atom. The highest BCUT2D eigenvalue weighted by molar-refractivity contribution is 6.36. The van der Waals surface area contributed by atoms with Gasteiger partial charge in [0.1, 0.15) is 5.02 Å². The zero-order chi connectivity index (χ0) is 10.3. The number of carboxylic acids is 1. The highest BCUT2D eigenvalue weighted by atomic mass is 35.5. The number of rotatable bonds is 1. The molecule has 0 saturated heterocycles. The van der Waals surface area contributed by atoms with Crippen molar-refractivity contribution in [1.82, 2.24) is 14.6 Å². The molecule has 2 aromatic rings. The first-order valence-electron chi connectivity index (χ1n) is 3.53. The van der Waals surface area contributed by atoms with Crippen molar-refractivity contribution in [3.63, 3.8) is 0 Å². The van der Waals surface area contributed by atoms with Crippen LogP contribution in [-0.2, 0) is 0 Å². The van der Waals surface area contributed by atoms with Crippen LogP contribution < -0.4 is 0 Å². The molecule has 0 aliphatic carbocycles. The fraction of sp³-hybridized carbons (Fsp3) is 0. The van der Waals surface area contributed by atoms with Crippen molar-refractivity contribution in [3.8, 4) is 0 Å². The van der Waals surface area contributed by atoms with E-state index in [0.717, 1.165) is 0 Å². The minimum atomic E-state index is -1.11. The van der Waals surface area contributed by atoms with Crippen LogP contribution in [0.3, 0.4) is 0 Å². The summed E-state index contributed by atoms with van der Waals surface area (Å²) in [6.45, 7) is 0. The molecule has 2 aromatic heterocycles. The zero-order valence-corrected chi connectivity index (χ0v) is 8.12. The van der Waals surface area contributed by atoms with Crippen molar-refractivity contribution >= 4 is 34.8 Å². The first kappa shape index (κ1) is 9.23. The Morgan fingerprint density at radius 3 is 2.79 bits per heavy atom. The molecule has 72 valence electrons. The predicted octanol–water partition coefficient (Wildman–Crippen LogP) is 1.73. The Hall–Kier alpha value is -1.33. The van der Waals surface area contributed by atoms with Crippen molar-refractivity contribution in [2.45, 2.75) is 0 Å². The maximum Gasteiger partial charge on any atom is 0.337 e. The summed E-state index contributed by atoms with van der Waals surface area (Å²) in [6, 6.07) is 1.34. The Bertz CT molecular complexity index is 523. The standard InChI is InChI=1S/C7H3Cl2N3O2/c8-4-3(6(13)14)1-2-12-5(4)10-11-7(12)9/h1-2H,(H,13,14). The third-order valence-electron chi connectivity index (χ3n) is 1.71. The molecule has 2 heterocycles. The number of pyridine rings is 1. The lowest BCUT2D eigenvalue weighted by molar-refractivity contribution is 0.0697. The third-order valence-corrected chi connectivity index (χ3v) is 2.34. The number of nitrogens with zero attached hydrogens (tertiary/aromatic N) is 3. The number of halogens is 2. The van der Waals surface area contributed by atoms with E-state index in [0.29, 0.717) is 0 Å². The summed E-state index contributed by atoms with van der Waals surface area (Å²) in [5.74, 6) is -1.11. The van der Waals surface area contributed by atoms with Crippen molar-refractivity contribution in [2.24, 2.45) is 0 Å². The van der Waals surface area contributed by atoms with Crippen LogP contribution >= 0.6 is 23.2 Å². The number of carboxylic acid groups (broad SMARTS) is 1. The first-order valence-corrected chi connectivity index (χ1v) is 4.29. The molecule has 0 saturated carbocycles. The molecule has 14 heavy (non-hydrogen) atoms. The Labute approximate surface area is 87.9 Å². The lowest BCUT2D eigenvalue weighted by Crippen LogP contribution is -1.99. The zero-order valence-electron chi connectivity index (χ0n) is 6.61. The van der Waals surface area contributed by atoms with Gasteiger partial charge in [0.15, 0.2) is 5.65 Å². The highest BCUT2D eigenvalue weighted by Crippen LogP contribution is 2.22. The van der Waals surface area contributed by atoms with Crippen LogP contribution in [0.5, 0.6) is 0 Å². The minimum Gasteiger partial charge on any atom is -0.478 e. The second kappa shape index (κ2) is 3.11. The molecule has 7 heteroatoms. The van der Waals surface area contributed by atoms with Crippen LogP contribution in [0.15, 0.2) is 12.3 Å². The number of hydrogen-bond acceptors (Lipinski definition) is 3. The molecular weight excluding hydrogens is 229 g/mol. The number of carbonyl (C=O) groups is 1. The van der Waals surface area contributed by atoms with Gasteiger partial charge in [-0.1, -0.05) is 11.6 Å². The lowest BCUT2D eigenvalue weighted by atomic mass is 10.3.